The van der Waals surface area contributed by atoms with Gasteiger partial charge in [-0.15, -0.1) is 11.8 Å². The van der Waals surface area contributed by atoms with Crippen LogP contribution in [0.3, 0.4) is 0 Å². The molecular weight excluding hydrogens is 295 g/mol. The summed E-state index contributed by atoms with van der Waals surface area (Å²) in [6.45, 7) is 2.98. The molecule has 1 N–H and O–H groups in total. The van der Waals surface area contributed by atoms with Crippen molar-refractivity contribution in [2.45, 2.75) is 24.3 Å². The van der Waals surface area contributed by atoms with Crippen LogP contribution in [-0.2, 0) is 14.4 Å². The number of imide groups is 1. The summed E-state index contributed by atoms with van der Waals surface area (Å²) in [6.07, 6.45) is 0. The first-order valence-corrected chi connectivity index (χ1v) is 7.39. The second kappa shape index (κ2) is 6.26. The molecule has 1 heterocycles. The lowest BCUT2D eigenvalue weighted by molar-refractivity contribution is -0.147. The Hall–Kier alpha value is -1.89. The van der Waals surface area contributed by atoms with Crippen LogP contribution in [0.25, 0.3) is 0 Å². The van der Waals surface area contributed by atoms with Crippen molar-refractivity contribution in [2.75, 3.05) is 11.9 Å². The molecule has 1 saturated heterocycles. The molecular formula is C14H15FN2O3S. The van der Waals surface area contributed by atoms with Gasteiger partial charge in [-0.3, -0.25) is 19.3 Å². The maximum absolute atomic E-state index is 13.4. The first kappa shape index (κ1) is 15.5. The van der Waals surface area contributed by atoms with Gasteiger partial charge in [0, 0.05) is 0 Å². The minimum Gasteiger partial charge on any atom is -0.322 e. The summed E-state index contributed by atoms with van der Waals surface area (Å²) < 4.78 is 13.4. The molecule has 5 nitrogen and oxygen atoms in total. The van der Waals surface area contributed by atoms with E-state index >= 15 is 0 Å². The van der Waals surface area contributed by atoms with Crippen LogP contribution in [-0.4, -0.2) is 39.7 Å². The summed E-state index contributed by atoms with van der Waals surface area (Å²) in [5.74, 6) is -1.97. The van der Waals surface area contributed by atoms with E-state index in [9.17, 15) is 18.8 Å². The quantitative estimate of drug-likeness (QED) is 0.862. The Balaban J connectivity index is 2.06. The van der Waals surface area contributed by atoms with Gasteiger partial charge in [-0.05, 0) is 26.0 Å². The molecule has 0 bridgehead atoms. The molecule has 1 aromatic carbocycles. The number of hydrogen-bond acceptors (Lipinski definition) is 4. The fraction of sp³-hybridized carbons (Fsp3) is 0.357. The lowest BCUT2D eigenvalue weighted by atomic mass is 10.2. The molecule has 112 valence electrons. The molecule has 7 heteroatoms. The predicted molar refractivity (Wildman–Crippen MR) is 78.3 cm³/mol. The molecule has 0 unspecified atom stereocenters. The number of rotatable bonds is 3. The summed E-state index contributed by atoms with van der Waals surface area (Å²) in [7, 11) is 0. The summed E-state index contributed by atoms with van der Waals surface area (Å²) in [6, 6.07) is 5.71. The average molecular weight is 310 g/mol. The number of amides is 3. The minimum absolute atomic E-state index is 0.0230. The highest BCUT2D eigenvalue weighted by Crippen LogP contribution is 2.26. The van der Waals surface area contributed by atoms with Crippen LogP contribution in [0, 0.1) is 5.82 Å². The van der Waals surface area contributed by atoms with Crippen molar-refractivity contribution in [1.82, 2.24) is 4.90 Å². The molecule has 1 aromatic rings. The molecule has 2 atom stereocenters. The van der Waals surface area contributed by atoms with Gasteiger partial charge in [0.1, 0.15) is 12.4 Å². The summed E-state index contributed by atoms with van der Waals surface area (Å²) >= 11 is 1.26. The molecule has 1 aliphatic heterocycles. The zero-order valence-corrected chi connectivity index (χ0v) is 12.4. The van der Waals surface area contributed by atoms with E-state index in [2.05, 4.69) is 5.32 Å². The van der Waals surface area contributed by atoms with Gasteiger partial charge in [-0.2, -0.15) is 0 Å². The topological polar surface area (TPSA) is 66.5 Å². The highest BCUT2D eigenvalue weighted by atomic mass is 32.2. The van der Waals surface area contributed by atoms with Crippen LogP contribution in [0.5, 0.6) is 0 Å². The number of carbonyl (C=O) groups is 3. The summed E-state index contributed by atoms with van der Waals surface area (Å²) in [5.41, 5.74) is 0.0230. The van der Waals surface area contributed by atoms with Crippen molar-refractivity contribution in [3.63, 3.8) is 0 Å². The van der Waals surface area contributed by atoms with Crippen LogP contribution in [0.15, 0.2) is 24.3 Å². The first-order chi connectivity index (χ1) is 9.90. The third kappa shape index (κ3) is 3.41. The van der Waals surface area contributed by atoms with Crippen molar-refractivity contribution in [3.8, 4) is 0 Å². The van der Waals surface area contributed by atoms with Crippen molar-refractivity contribution in [2.24, 2.45) is 0 Å². The zero-order chi connectivity index (χ0) is 15.6. The third-order valence-corrected chi connectivity index (χ3v) is 4.31. The lowest BCUT2D eigenvalue weighted by Crippen LogP contribution is -2.52. The molecule has 0 radical (unpaired) electrons. The van der Waals surface area contributed by atoms with Crippen molar-refractivity contribution in [3.05, 3.63) is 30.1 Å². The molecule has 0 aliphatic carbocycles. The zero-order valence-electron chi connectivity index (χ0n) is 11.6. The Morgan fingerprint density at radius 3 is 2.38 bits per heavy atom. The van der Waals surface area contributed by atoms with E-state index in [1.54, 1.807) is 19.9 Å². The maximum atomic E-state index is 13.4. The summed E-state index contributed by atoms with van der Waals surface area (Å²) in [5, 5.41) is 1.61. The largest absolute Gasteiger partial charge is 0.322 e. The van der Waals surface area contributed by atoms with Crippen molar-refractivity contribution < 1.29 is 18.8 Å². The minimum atomic E-state index is -0.604. The second-order valence-corrected chi connectivity index (χ2v) is 6.40. The number of halogens is 1. The van der Waals surface area contributed by atoms with E-state index in [1.165, 1.54) is 30.0 Å². The number of thioether (sulfide) groups is 1. The van der Waals surface area contributed by atoms with Crippen LogP contribution >= 0.6 is 11.8 Å². The van der Waals surface area contributed by atoms with Gasteiger partial charge in [0.25, 0.3) is 0 Å². The normalized spacial score (nSPS) is 22.3. The highest BCUT2D eigenvalue weighted by molar-refractivity contribution is 8.02. The summed E-state index contributed by atoms with van der Waals surface area (Å²) in [4.78, 5) is 36.8. The Morgan fingerprint density at radius 2 is 1.81 bits per heavy atom. The van der Waals surface area contributed by atoms with Gasteiger partial charge >= 0.3 is 0 Å². The number of carbonyl (C=O) groups excluding carboxylic acids is 3. The lowest BCUT2D eigenvalue weighted by Gasteiger charge is -2.31. The van der Waals surface area contributed by atoms with Gasteiger partial charge in [-0.25, -0.2) is 4.39 Å². The SMILES string of the molecule is C[C@@H]1S[C@@H](C)C(=O)N(CC(=O)Nc2ccccc2F)C1=O. The van der Waals surface area contributed by atoms with E-state index in [0.29, 0.717) is 0 Å². The smallest absolute Gasteiger partial charge is 0.244 e. The number of hydrogen-bond donors (Lipinski definition) is 1. The standard InChI is InChI=1S/C14H15FN2O3S/c1-8-13(19)17(14(20)9(2)21-8)7-12(18)16-11-6-4-3-5-10(11)15/h3-6,8-9H,7H2,1-2H3,(H,16,18)/t8-,9-/m0/s1. The van der Waals surface area contributed by atoms with Crippen molar-refractivity contribution in [1.29, 1.82) is 0 Å². The van der Waals surface area contributed by atoms with Gasteiger partial charge in [0.2, 0.25) is 17.7 Å². The van der Waals surface area contributed by atoms with E-state index < -0.39 is 30.1 Å². The predicted octanol–water partition coefficient (Wildman–Crippen LogP) is 1.64. The Bertz CT molecular complexity index is 573. The molecule has 3 amide bonds. The molecule has 0 spiro atoms. The number of nitrogens with one attached hydrogen (secondary N) is 1. The Morgan fingerprint density at radius 1 is 1.24 bits per heavy atom. The molecule has 0 aromatic heterocycles. The number of nitrogens with zero attached hydrogens (tertiary/aromatic N) is 1. The van der Waals surface area contributed by atoms with Crippen LogP contribution in [0.2, 0.25) is 0 Å². The van der Waals surface area contributed by atoms with Crippen LogP contribution in [0.4, 0.5) is 10.1 Å². The van der Waals surface area contributed by atoms with Gasteiger partial charge < -0.3 is 5.32 Å². The first-order valence-electron chi connectivity index (χ1n) is 6.45. The van der Waals surface area contributed by atoms with Crippen LogP contribution in [0.1, 0.15) is 13.8 Å². The number of para-hydroxylation sites is 1. The molecule has 21 heavy (non-hydrogen) atoms. The van der Waals surface area contributed by atoms with Crippen LogP contribution < -0.4 is 5.32 Å². The second-order valence-electron chi connectivity index (χ2n) is 4.71. The Labute approximate surface area is 125 Å². The molecule has 1 aliphatic rings. The average Bonchev–Trinajstić information content (AvgIpc) is 2.44. The van der Waals surface area contributed by atoms with Crippen molar-refractivity contribution >= 4 is 35.2 Å². The number of benzene rings is 1. The fourth-order valence-electron chi connectivity index (χ4n) is 2.02. The monoisotopic (exact) mass is 310 g/mol. The van der Waals surface area contributed by atoms with E-state index in [0.717, 1.165) is 4.90 Å². The Kier molecular flexibility index (Phi) is 4.62. The van der Waals surface area contributed by atoms with E-state index in [1.807, 2.05) is 0 Å². The molecule has 1 fully saturated rings. The maximum Gasteiger partial charge on any atom is 0.244 e. The highest BCUT2D eigenvalue weighted by Gasteiger charge is 2.38. The van der Waals surface area contributed by atoms with Gasteiger partial charge in [-0.1, -0.05) is 12.1 Å². The van der Waals surface area contributed by atoms with Gasteiger partial charge in [0.05, 0.1) is 16.2 Å². The van der Waals surface area contributed by atoms with E-state index in [-0.39, 0.29) is 16.2 Å². The van der Waals surface area contributed by atoms with E-state index in [4.69, 9.17) is 0 Å². The third-order valence-electron chi connectivity index (χ3n) is 3.09. The van der Waals surface area contributed by atoms with Gasteiger partial charge in [0.15, 0.2) is 0 Å². The molecule has 2 rings (SSSR count). The number of anilines is 1. The molecule has 0 saturated carbocycles. The fourth-order valence-corrected chi connectivity index (χ4v) is 3.12.